The van der Waals surface area contributed by atoms with Crippen LogP contribution in [0.3, 0.4) is 0 Å². The van der Waals surface area contributed by atoms with E-state index in [9.17, 15) is 9.59 Å². The van der Waals surface area contributed by atoms with Crippen molar-refractivity contribution in [1.82, 2.24) is 20.0 Å². The van der Waals surface area contributed by atoms with Crippen molar-refractivity contribution in [3.8, 4) is 0 Å². The number of piperazine rings is 1. The lowest BCUT2D eigenvalue weighted by Crippen LogP contribution is -2.49. The number of aromatic amines is 1. The summed E-state index contributed by atoms with van der Waals surface area (Å²) >= 11 is 0. The number of nitrogens with zero attached hydrogens (tertiary/aromatic N) is 3. The number of carbonyl (C=O) groups excluding carboxylic acids is 2. The molecular formula is C16H26N4O4. The lowest BCUT2D eigenvalue weighted by atomic mass is 10.2. The van der Waals surface area contributed by atoms with Crippen molar-refractivity contribution in [1.29, 1.82) is 0 Å². The summed E-state index contributed by atoms with van der Waals surface area (Å²) in [5.74, 6) is -0.422. The molecule has 2 heterocycles. The molecule has 1 fully saturated rings. The Morgan fingerprint density at radius 3 is 2.50 bits per heavy atom. The topological polar surface area (TPSA) is 87.8 Å². The third kappa shape index (κ3) is 5.23. The molecule has 1 aromatic rings. The van der Waals surface area contributed by atoms with Gasteiger partial charge in [0, 0.05) is 32.7 Å². The van der Waals surface area contributed by atoms with Gasteiger partial charge >= 0.3 is 12.1 Å². The van der Waals surface area contributed by atoms with Crippen molar-refractivity contribution in [2.75, 3.05) is 32.8 Å². The molecule has 1 amide bonds. The first-order chi connectivity index (χ1) is 11.3. The lowest BCUT2D eigenvalue weighted by Gasteiger charge is -2.35. The second kappa shape index (κ2) is 7.65. The van der Waals surface area contributed by atoms with E-state index in [2.05, 4.69) is 15.1 Å². The number of carbonyl (C=O) groups is 2. The van der Waals surface area contributed by atoms with Crippen LogP contribution in [0.5, 0.6) is 0 Å². The third-order valence-electron chi connectivity index (χ3n) is 3.53. The van der Waals surface area contributed by atoms with E-state index in [0.717, 1.165) is 18.8 Å². The number of nitrogens with one attached hydrogen (secondary N) is 1. The Morgan fingerprint density at radius 2 is 1.92 bits per heavy atom. The third-order valence-corrected chi connectivity index (χ3v) is 3.53. The Labute approximate surface area is 142 Å². The predicted octanol–water partition coefficient (Wildman–Crippen LogP) is 1.64. The average Bonchev–Trinajstić information content (AvgIpc) is 2.95. The van der Waals surface area contributed by atoms with E-state index in [0.29, 0.717) is 31.9 Å². The number of hydrogen-bond acceptors (Lipinski definition) is 6. The van der Waals surface area contributed by atoms with Crippen LogP contribution < -0.4 is 0 Å². The highest BCUT2D eigenvalue weighted by Gasteiger charge is 2.26. The molecule has 1 N–H and O–H groups in total. The molecular weight excluding hydrogens is 312 g/mol. The molecule has 0 aliphatic carbocycles. The van der Waals surface area contributed by atoms with Gasteiger partial charge in [-0.3, -0.25) is 10.00 Å². The first-order valence-corrected chi connectivity index (χ1v) is 8.20. The quantitative estimate of drug-likeness (QED) is 0.840. The monoisotopic (exact) mass is 338 g/mol. The highest BCUT2D eigenvalue weighted by atomic mass is 16.6. The summed E-state index contributed by atoms with van der Waals surface area (Å²) in [7, 11) is 0. The van der Waals surface area contributed by atoms with Crippen LogP contribution in [0.2, 0.25) is 0 Å². The molecule has 0 saturated carbocycles. The highest BCUT2D eigenvalue weighted by Crippen LogP contribution is 2.13. The summed E-state index contributed by atoms with van der Waals surface area (Å²) < 4.78 is 10.3. The maximum atomic E-state index is 12.0. The van der Waals surface area contributed by atoms with Crippen molar-refractivity contribution in [2.24, 2.45) is 0 Å². The molecule has 24 heavy (non-hydrogen) atoms. The van der Waals surface area contributed by atoms with E-state index in [1.54, 1.807) is 17.9 Å². The lowest BCUT2D eigenvalue weighted by molar-refractivity contribution is 0.0138. The van der Waals surface area contributed by atoms with Crippen LogP contribution in [-0.4, -0.2) is 70.4 Å². The summed E-state index contributed by atoms with van der Waals surface area (Å²) in [6.07, 6.45) is -0.270. The minimum Gasteiger partial charge on any atom is -0.461 e. The van der Waals surface area contributed by atoms with Gasteiger partial charge in [-0.1, -0.05) is 0 Å². The fourth-order valence-electron chi connectivity index (χ4n) is 2.41. The zero-order valence-corrected chi connectivity index (χ0v) is 14.8. The summed E-state index contributed by atoms with van der Waals surface area (Å²) in [6, 6.07) is 1.71. The first-order valence-electron chi connectivity index (χ1n) is 8.20. The number of hydrogen-bond donors (Lipinski definition) is 1. The molecule has 1 saturated heterocycles. The van der Waals surface area contributed by atoms with E-state index in [-0.39, 0.29) is 6.09 Å². The van der Waals surface area contributed by atoms with Gasteiger partial charge in [-0.25, -0.2) is 9.59 Å². The zero-order valence-electron chi connectivity index (χ0n) is 14.8. The van der Waals surface area contributed by atoms with Gasteiger partial charge in [0.15, 0.2) is 5.69 Å². The molecule has 0 atom stereocenters. The molecule has 8 nitrogen and oxygen atoms in total. The molecule has 0 bridgehead atoms. The Balaban J connectivity index is 1.81. The van der Waals surface area contributed by atoms with Crippen LogP contribution in [0.1, 0.15) is 43.9 Å². The van der Waals surface area contributed by atoms with Crippen LogP contribution in [0, 0.1) is 0 Å². The molecule has 1 aliphatic rings. The van der Waals surface area contributed by atoms with Gasteiger partial charge < -0.3 is 14.4 Å². The van der Waals surface area contributed by atoms with Crippen molar-refractivity contribution in [3.63, 3.8) is 0 Å². The second-order valence-corrected chi connectivity index (χ2v) is 6.74. The molecule has 8 heteroatoms. The van der Waals surface area contributed by atoms with Crippen LogP contribution in [0.4, 0.5) is 4.79 Å². The number of amides is 1. The first kappa shape index (κ1) is 18.3. The summed E-state index contributed by atoms with van der Waals surface area (Å²) in [5.41, 5.74) is 0.663. The van der Waals surface area contributed by atoms with Gasteiger partial charge in [0.1, 0.15) is 5.60 Å². The largest absolute Gasteiger partial charge is 0.461 e. The van der Waals surface area contributed by atoms with Crippen LogP contribution in [0.15, 0.2) is 6.07 Å². The second-order valence-electron chi connectivity index (χ2n) is 6.74. The summed E-state index contributed by atoms with van der Waals surface area (Å²) in [6.45, 7) is 11.0. The molecule has 0 radical (unpaired) electrons. The number of rotatable bonds is 4. The summed E-state index contributed by atoms with van der Waals surface area (Å²) in [5, 5.41) is 6.83. The maximum absolute atomic E-state index is 12.0. The summed E-state index contributed by atoms with van der Waals surface area (Å²) in [4.78, 5) is 27.6. The predicted molar refractivity (Wildman–Crippen MR) is 87.6 cm³/mol. The van der Waals surface area contributed by atoms with Gasteiger partial charge in [-0.15, -0.1) is 0 Å². The van der Waals surface area contributed by atoms with Crippen molar-refractivity contribution in [3.05, 3.63) is 17.5 Å². The molecule has 134 valence electrons. The number of esters is 1. The Kier molecular flexibility index (Phi) is 5.82. The van der Waals surface area contributed by atoms with Crippen molar-refractivity contribution < 1.29 is 19.1 Å². The maximum Gasteiger partial charge on any atom is 0.410 e. The SMILES string of the molecule is CCOC(=O)c1cc(CN2CCN(C(=O)OC(C)(C)C)CC2)[nH]n1. The minimum absolute atomic E-state index is 0.270. The smallest absolute Gasteiger partial charge is 0.410 e. The molecule has 1 aromatic heterocycles. The standard InChI is InChI=1S/C16H26N4O4/c1-5-23-14(21)13-10-12(17-18-13)11-19-6-8-20(9-7-19)15(22)24-16(2,3)4/h10H,5-9,11H2,1-4H3,(H,17,18). The van der Waals surface area contributed by atoms with E-state index >= 15 is 0 Å². The average molecular weight is 338 g/mol. The van der Waals surface area contributed by atoms with Crippen molar-refractivity contribution >= 4 is 12.1 Å². The fourth-order valence-corrected chi connectivity index (χ4v) is 2.41. The van der Waals surface area contributed by atoms with E-state index in [1.165, 1.54) is 0 Å². The normalized spacial score (nSPS) is 16.1. The van der Waals surface area contributed by atoms with Gasteiger partial charge in [-0.2, -0.15) is 5.10 Å². The van der Waals surface area contributed by atoms with Crippen LogP contribution in [-0.2, 0) is 16.0 Å². The molecule has 2 rings (SSSR count). The van der Waals surface area contributed by atoms with Crippen LogP contribution in [0.25, 0.3) is 0 Å². The Hall–Kier alpha value is -2.09. The highest BCUT2D eigenvalue weighted by molar-refractivity contribution is 5.87. The Bertz CT molecular complexity index is 571. The zero-order chi connectivity index (χ0) is 17.7. The van der Waals surface area contributed by atoms with E-state index in [4.69, 9.17) is 9.47 Å². The number of H-pyrrole nitrogens is 1. The molecule has 0 spiro atoms. The Morgan fingerprint density at radius 1 is 1.25 bits per heavy atom. The van der Waals surface area contributed by atoms with Gasteiger partial charge in [0.25, 0.3) is 0 Å². The van der Waals surface area contributed by atoms with Crippen molar-refractivity contribution in [2.45, 2.75) is 39.8 Å². The van der Waals surface area contributed by atoms with E-state index in [1.807, 2.05) is 20.8 Å². The number of aromatic nitrogens is 2. The van der Waals surface area contributed by atoms with Gasteiger partial charge in [0.05, 0.1) is 12.3 Å². The fraction of sp³-hybridized carbons (Fsp3) is 0.688. The molecule has 0 unspecified atom stereocenters. The molecule has 0 aromatic carbocycles. The van der Waals surface area contributed by atoms with E-state index < -0.39 is 11.6 Å². The minimum atomic E-state index is -0.479. The van der Waals surface area contributed by atoms with Gasteiger partial charge in [0.2, 0.25) is 0 Å². The molecule has 1 aliphatic heterocycles. The number of ether oxygens (including phenoxy) is 2. The van der Waals surface area contributed by atoms with Gasteiger partial charge in [-0.05, 0) is 33.8 Å². The van der Waals surface area contributed by atoms with Crippen LogP contribution >= 0.6 is 0 Å².